The van der Waals surface area contributed by atoms with Gasteiger partial charge >= 0.3 is 5.97 Å². The molecule has 0 saturated heterocycles. The first kappa shape index (κ1) is 39.2. The molecule has 0 aromatic heterocycles. The summed E-state index contributed by atoms with van der Waals surface area (Å²) in [6.45, 7) is 9.26. The molecule has 8 rings (SSSR count). The van der Waals surface area contributed by atoms with Crippen molar-refractivity contribution in [2.45, 2.75) is 127 Å². The first-order chi connectivity index (χ1) is 25.4. The van der Waals surface area contributed by atoms with E-state index in [1.807, 2.05) is 0 Å². The zero-order valence-electron chi connectivity index (χ0n) is 31.8. The maximum Gasteiger partial charge on any atom is 0.340 e. The Labute approximate surface area is 323 Å². The standard InChI is InChI=1S/C42H50F4O8S/c1-19-11-23-25-15-29(43)27-13-21(47)7-9-35(27,3)39(25,45)31(49)17-37(23,5)41(19,53)33(51)54-42(34(52)55)20(2)12-24-26-16-30(44)28-14-22(48)8-10-36(28,4)40(26,46)32(50)18-38(24,42)6/h7-10,13-14,19-20,23-26,29-32,49-50,53H,11-12,15-18H2,1-6H3,(H,52,55)/t19-,20-,23+,24+,25+,26+,29+,30+,31+,32+,35+,36+,37+,38+,39+,40+,41+,42+/m1/s1. The SMILES string of the molecule is C[C@@H]1C[C@H]2[C@@H]3C[C@H](F)C4=CC(=O)C=C[C@]4(C)[C@@]3(F)[C@@H](O)C[C@]2(C)[C@@]1(O)C(=O)O[C@]1(C(=O)S)[C@H](C)C[C@H]2[C@@H]3C[C@H](F)C4=CC(=O)C=C[C@]4(C)[C@@]3(F)[C@@H](O)C[C@@]21C. The predicted molar refractivity (Wildman–Crippen MR) is 194 cm³/mol. The molecule has 8 aliphatic carbocycles. The Morgan fingerprint density at radius 1 is 0.727 bits per heavy atom. The van der Waals surface area contributed by atoms with Crippen LogP contribution in [0, 0.1) is 57.2 Å². The predicted octanol–water partition coefficient (Wildman–Crippen LogP) is 5.59. The number of esters is 1. The van der Waals surface area contributed by atoms with E-state index >= 15 is 17.6 Å². The van der Waals surface area contributed by atoms with Crippen LogP contribution in [-0.2, 0) is 23.9 Å². The Morgan fingerprint density at radius 3 is 1.60 bits per heavy atom. The number of halogens is 4. The molecule has 300 valence electrons. The van der Waals surface area contributed by atoms with Gasteiger partial charge in [0.2, 0.25) is 5.12 Å². The van der Waals surface area contributed by atoms with E-state index in [1.165, 1.54) is 26.0 Å². The summed E-state index contributed by atoms with van der Waals surface area (Å²) in [6, 6.07) is 0. The maximum atomic E-state index is 17.9. The molecule has 13 heteroatoms. The number of rotatable bonds is 3. The molecule has 0 spiro atoms. The van der Waals surface area contributed by atoms with Gasteiger partial charge in [-0.25, -0.2) is 22.4 Å². The molecule has 0 heterocycles. The number of aliphatic hydroxyl groups is 3. The maximum absolute atomic E-state index is 17.9. The highest BCUT2D eigenvalue weighted by Crippen LogP contribution is 2.74. The van der Waals surface area contributed by atoms with Gasteiger partial charge in [-0.1, -0.05) is 39.8 Å². The van der Waals surface area contributed by atoms with Crippen LogP contribution in [0.5, 0.6) is 0 Å². The minimum absolute atomic E-state index is 0.0421. The summed E-state index contributed by atoms with van der Waals surface area (Å²) in [6.07, 6.45) is -1.51. The number of alkyl halides is 4. The summed E-state index contributed by atoms with van der Waals surface area (Å²) in [7, 11) is 0. The van der Waals surface area contributed by atoms with Crippen LogP contribution in [0.15, 0.2) is 47.6 Å². The molecular weight excluding hydrogens is 741 g/mol. The van der Waals surface area contributed by atoms with Crippen molar-refractivity contribution in [3.63, 3.8) is 0 Å². The van der Waals surface area contributed by atoms with E-state index in [0.717, 1.165) is 24.3 Å². The molecule has 0 aliphatic heterocycles. The molecule has 3 N–H and O–H groups in total. The number of hydrogen-bond donors (Lipinski definition) is 4. The van der Waals surface area contributed by atoms with E-state index in [4.69, 9.17) is 4.74 Å². The van der Waals surface area contributed by atoms with Crippen LogP contribution >= 0.6 is 12.6 Å². The summed E-state index contributed by atoms with van der Waals surface area (Å²) in [5.41, 5.74) is -16.1. The Bertz CT molecular complexity index is 1930. The molecule has 0 amide bonds. The third kappa shape index (κ3) is 4.22. The van der Waals surface area contributed by atoms with Gasteiger partial charge in [-0.15, -0.1) is 12.6 Å². The third-order valence-electron chi connectivity index (χ3n) is 17.3. The number of aliphatic hydroxyl groups excluding tert-OH is 2. The van der Waals surface area contributed by atoms with Crippen molar-refractivity contribution < 1.29 is 56.8 Å². The van der Waals surface area contributed by atoms with E-state index in [1.54, 1.807) is 27.7 Å². The van der Waals surface area contributed by atoms with Crippen molar-refractivity contribution in [2.24, 2.45) is 57.2 Å². The third-order valence-corrected chi connectivity index (χ3v) is 17.6. The number of allylic oxidation sites excluding steroid dienone is 8. The quantitative estimate of drug-likeness (QED) is 0.165. The van der Waals surface area contributed by atoms with Crippen LogP contribution in [-0.4, -0.2) is 85.1 Å². The fraction of sp³-hybridized carbons (Fsp3) is 0.714. The average Bonchev–Trinajstić information content (AvgIpc) is 3.45. The minimum atomic E-state index is -2.46. The number of thiol groups is 1. The Morgan fingerprint density at radius 2 is 1.15 bits per heavy atom. The molecule has 0 radical (unpaired) electrons. The molecule has 55 heavy (non-hydrogen) atoms. The van der Waals surface area contributed by atoms with Gasteiger partial charge in [0.15, 0.2) is 34.1 Å². The molecule has 0 aromatic carbocycles. The van der Waals surface area contributed by atoms with Gasteiger partial charge < -0.3 is 20.1 Å². The lowest BCUT2D eigenvalue weighted by atomic mass is 9.44. The second kappa shape index (κ2) is 11.5. The number of ether oxygens (including phenoxy) is 1. The lowest BCUT2D eigenvalue weighted by molar-refractivity contribution is -0.250. The number of carbonyl (C=O) groups excluding carboxylic acids is 4. The zero-order chi connectivity index (χ0) is 40.4. The zero-order valence-corrected chi connectivity index (χ0v) is 32.7. The molecule has 6 fully saturated rings. The first-order valence-electron chi connectivity index (χ1n) is 19.5. The Kier molecular flexibility index (Phi) is 8.22. The second-order valence-corrected chi connectivity index (χ2v) is 19.6. The van der Waals surface area contributed by atoms with Crippen molar-refractivity contribution in [3.8, 4) is 0 Å². The van der Waals surface area contributed by atoms with Crippen LogP contribution in [0.3, 0.4) is 0 Å². The van der Waals surface area contributed by atoms with Crippen molar-refractivity contribution in [2.75, 3.05) is 0 Å². The molecule has 8 nitrogen and oxygen atoms in total. The van der Waals surface area contributed by atoms with Crippen LogP contribution < -0.4 is 0 Å². The molecule has 0 aromatic rings. The summed E-state index contributed by atoms with van der Waals surface area (Å²) >= 11 is 4.26. The van der Waals surface area contributed by atoms with Crippen molar-refractivity contribution in [3.05, 3.63) is 47.6 Å². The molecule has 8 aliphatic rings. The molecule has 6 saturated carbocycles. The van der Waals surface area contributed by atoms with E-state index < -0.39 is 153 Å². The van der Waals surface area contributed by atoms with E-state index in [9.17, 15) is 34.5 Å². The topological polar surface area (TPSA) is 138 Å². The first-order valence-corrected chi connectivity index (χ1v) is 19.9. The van der Waals surface area contributed by atoms with Crippen molar-refractivity contribution >= 4 is 35.3 Å². The van der Waals surface area contributed by atoms with E-state index in [0.29, 0.717) is 0 Å². The largest absolute Gasteiger partial charge is 0.447 e. The Balaban J connectivity index is 1.17. The number of fused-ring (bicyclic) bond motifs is 10. The van der Waals surface area contributed by atoms with Crippen molar-refractivity contribution in [1.29, 1.82) is 0 Å². The van der Waals surface area contributed by atoms with Crippen LogP contribution in [0.4, 0.5) is 17.6 Å². The van der Waals surface area contributed by atoms with Crippen LogP contribution in [0.2, 0.25) is 0 Å². The van der Waals surface area contributed by atoms with Gasteiger partial charge in [-0.2, -0.15) is 0 Å². The molecule has 0 unspecified atom stereocenters. The smallest absolute Gasteiger partial charge is 0.340 e. The normalized spacial score (nSPS) is 56.3. The lowest BCUT2D eigenvalue weighted by Gasteiger charge is -2.63. The Hall–Kier alpha value is -2.61. The summed E-state index contributed by atoms with van der Waals surface area (Å²) in [5.74, 6) is -8.05. The number of ketones is 2. The van der Waals surface area contributed by atoms with Gasteiger partial charge in [-0.3, -0.25) is 14.4 Å². The highest BCUT2D eigenvalue weighted by Gasteiger charge is 2.81. The second-order valence-electron chi connectivity index (χ2n) is 19.2. The lowest BCUT2D eigenvalue weighted by Crippen LogP contribution is -2.72. The molecule has 18 atom stereocenters. The van der Waals surface area contributed by atoms with Crippen molar-refractivity contribution in [1.82, 2.24) is 0 Å². The molecule has 0 bridgehead atoms. The fourth-order valence-corrected chi connectivity index (χ4v) is 15.0. The van der Waals surface area contributed by atoms with Crippen LogP contribution in [0.25, 0.3) is 0 Å². The monoisotopic (exact) mass is 790 g/mol. The summed E-state index contributed by atoms with van der Waals surface area (Å²) < 4.78 is 74.2. The highest BCUT2D eigenvalue weighted by atomic mass is 32.1. The van der Waals surface area contributed by atoms with Gasteiger partial charge in [0.25, 0.3) is 0 Å². The highest BCUT2D eigenvalue weighted by molar-refractivity contribution is 7.96. The number of carbonyl (C=O) groups is 4. The minimum Gasteiger partial charge on any atom is -0.447 e. The summed E-state index contributed by atoms with van der Waals surface area (Å²) in [5, 5.41) is 35.6. The summed E-state index contributed by atoms with van der Waals surface area (Å²) in [4.78, 5) is 53.5. The average molecular weight is 791 g/mol. The van der Waals surface area contributed by atoms with E-state index in [2.05, 4.69) is 12.6 Å². The van der Waals surface area contributed by atoms with Gasteiger partial charge in [0.1, 0.15) is 12.3 Å². The van der Waals surface area contributed by atoms with Gasteiger partial charge in [0, 0.05) is 39.4 Å². The van der Waals surface area contributed by atoms with Gasteiger partial charge in [-0.05, 0) is 106 Å². The molecular formula is C42H50F4O8S. The fourth-order valence-electron chi connectivity index (χ4n) is 14.4. The van der Waals surface area contributed by atoms with E-state index in [-0.39, 0.29) is 24.0 Å². The van der Waals surface area contributed by atoms with Gasteiger partial charge in [0.05, 0.1) is 12.2 Å². The number of hydrogen-bond acceptors (Lipinski definition) is 8. The van der Waals surface area contributed by atoms with Crippen LogP contribution in [0.1, 0.15) is 80.1 Å².